The minimum absolute atomic E-state index is 0.102. The van der Waals surface area contributed by atoms with Crippen LogP contribution in [0.15, 0.2) is 72.9 Å². The van der Waals surface area contributed by atoms with Crippen LogP contribution < -0.4 is 0 Å². The van der Waals surface area contributed by atoms with Crippen LogP contribution >= 0.6 is 0 Å². The van der Waals surface area contributed by atoms with Crippen LogP contribution in [0.3, 0.4) is 0 Å². The van der Waals surface area contributed by atoms with Crippen LogP contribution in [0, 0.1) is 0 Å². The molecule has 1 atom stereocenters. The van der Waals surface area contributed by atoms with Gasteiger partial charge in [-0.05, 0) is 83.5 Å². The first-order valence-corrected chi connectivity index (χ1v) is 25.4. The van der Waals surface area contributed by atoms with Crippen molar-refractivity contribution in [2.75, 3.05) is 13.2 Å². The normalized spacial score (nSPS) is 12.6. The molecule has 0 fully saturated rings. The quantitative estimate of drug-likeness (QED) is 0.0263. The van der Waals surface area contributed by atoms with E-state index in [2.05, 4.69) is 93.7 Å². The predicted octanol–water partition coefficient (Wildman–Crippen LogP) is 16.6. The summed E-state index contributed by atoms with van der Waals surface area (Å²) in [5, 5.41) is 0. The van der Waals surface area contributed by atoms with E-state index in [0.29, 0.717) is 19.3 Å². The van der Waals surface area contributed by atoms with E-state index in [4.69, 9.17) is 14.2 Å². The highest BCUT2D eigenvalue weighted by Gasteiger charge is 2.19. The Balaban J connectivity index is 4.37. The molecule has 0 radical (unpaired) electrons. The van der Waals surface area contributed by atoms with Crippen molar-refractivity contribution in [1.82, 2.24) is 0 Å². The molecular weight excluding hydrogens is 757 g/mol. The molecule has 0 amide bonds. The van der Waals surface area contributed by atoms with E-state index in [1.165, 1.54) is 103 Å². The summed E-state index contributed by atoms with van der Waals surface area (Å²) in [6.07, 6.45) is 61.9. The van der Waals surface area contributed by atoms with E-state index < -0.39 is 6.10 Å². The van der Waals surface area contributed by atoms with Crippen LogP contribution in [-0.4, -0.2) is 37.2 Å². The van der Waals surface area contributed by atoms with E-state index in [1.807, 2.05) is 0 Å². The molecule has 0 rings (SSSR count). The summed E-state index contributed by atoms with van der Waals surface area (Å²) >= 11 is 0. The molecule has 0 aromatic carbocycles. The minimum Gasteiger partial charge on any atom is -0.462 e. The lowest BCUT2D eigenvalue weighted by molar-refractivity contribution is -0.167. The van der Waals surface area contributed by atoms with Gasteiger partial charge in [-0.15, -0.1) is 0 Å². The lowest BCUT2D eigenvalue weighted by Gasteiger charge is -2.18. The van der Waals surface area contributed by atoms with E-state index >= 15 is 0 Å². The topological polar surface area (TPSA) is 78.9 Å². The van der Waals surface area contributed by atoms with E-state index in [-0.39, 0.29) is 37.5 Å². The van der Waals surface area contributed by atoms with Gasteiger partial charge in [-0.3, -0.25) is 14.4 Å². The van der Waals surface area contributed by atoms with Gasteiger partial charge in [0, 0.05) is 19.3 Å². The van der Waals surface area contributed by atoms with Gasteiger partial charge in [0.05, 0.1) is 0 Å². The molecule has 0 bridgehead atoms. The zero-order valence-electron chi connectivity index (χ0n) is 39.9. The van der Waals surface area contributed by atoms with Crippen molar-refractivity contribution in [3.05, 3.63) is 72.9 Å². The highest BCUT2D eigenvalue weighted by Crippen LogP contribution is 2.15. The molecular formula is C55H94O6. The van der Waals surface area contributed by atoms with Crippen molar-refractivity contribution in [3.63, 3.8) is 0 Å². The number of esters is 3. The van der Waals surface area contributed by atoms with Crippen molar-refractivity contribution in [2.24, 2.45) is 0 Å². The van der Waals surface area contributed by atoms with Crippen molar-refractivity contribution in [2.45, 2.75) is 245 Å². The smallest absolute Gasteiger partial charge is 0.306 e. The third kappa shape index (κ3) is 47.7. The Morgan fingerprint density at radius 1 is 0.344 bits per heavy atom. The molecule has 6 heteroatoms. The number of ether oxygens (including phenoxy) is 3. The molecule has 61 heavy (non-hydrogen) atoms. The van der Waals surface area contributed by atoms with Gasteiger partial charge in [-0.1, -0.05) is 209 Å². The van der Waals surface area contributed by atoms with E-state index in [9.17, 15) is 14.4 Å². The van der Waals surface area contributed by atoms with E-state index in [1.54, 1.807) is 0 Å². The second kappa shape index (κ2) is 49.5. The summed E-state index contributed by atoms with van der Waals surface area (Å²) in [5.41, 5.74) is 0. The Morgan fingerprint density at radius 2 is 0.639 bits per heavy atom. The number of allylic oxidation sites excluding steroid dienone is 12. The monoisotopic (exact) mass is 851 g/mol. The fourth-order valence-electron chi connectivity index (χ4n) is 6.94. The molecule has 1 unspecified atom stereocenters. The first kappa shape index (κ1) is 57.9. The largest absolute Gasteiger partial charge is 0.462 e. The lowest BCUT2D eigenvalue weighted by atomic mass is 10.0. The molecule has 0 aliphatic heterocycles. The number of hydrogen-bond acceptors (Lipinski definition) is 6. The van der Waals surface area contributed by atoms with Crippen molar-refractivity contribution in [3.8, 4) is 0 Å². The highest BCUT2D eigenvalue weighted by molar-refractivity contribution is 5.71. The molecule has 350 valence electrons. The summed E-state index contributed by atoms with van der Waals surface area (Å²) in [5.74, 6) is -0.982. The van der Waals surface area contributed by atoms with Crippen LogP contribution in [0.5, 0.6) is 0 Å². The summed E-state index contributed by atoms with van der Waals surface area (Å²) in [4.78, 5) is 37.9. The summed E-state index contributed by atoms with van der Waals surface area (Å²) in [6, 6.07) is 0. The maximum Gasteiger partial charge on any atom is 0.306 e. The van der Waals surface area contributed by atoms with Crippen LogP contribution in [0.4, 0.5) is 0 Å². The number of hydrogen-bond donors (Lipinski definition) is 0. The Hall–Kier alpha value is -3.15. The Kier molecular flexibility index (Phi) is 46.9. The molecule has 0 spiro atoms. The van der Waals surface area contributed by atoms with Crippen LogP contribution in [0.1, 0.15) is 239 Å². The average Bonchev–Trinajstić information content (AvgIpc) is 3.26. The Labute approximate surface area is 376 Å². The highest BCUT2D eigenvalue weighted by atomic mass is 16.6. The third-order valence-corrected chi connectivity index (χ3v) is 10.7. The Morgan fingerprint density at radius 3 is 1.00 bits per heavy atom. The van der Waals surface area contributed by atoms with Gasteiger partial charge in [0.1, 0.15) is 13.2 Å². The van der Waals surface area contributed by atoms with Gasteiger partial charge in [0.25, 0.3) is 0 Å². The maximum absolute atomic E-state index is 12.7. The third-order valence-electron chi connectivity index (χ3n) is 10.7. The SMILES string of the molecule is CC/C=C\C/C=C\C/C=C\CCCCC(=O)OCC(COC(=O)CCCCCCCCCCCCCCCCCCCCC)OC(=O)CCCC/C=C\C/C=C\C/C=C\CC. The van der Waals surface area contributed by atoms with Gasteiger partial charge < -0.3 is 14.2 Å². The van der Waals surface area contributed by atoms with Gasteiger partial charge >= 0.3 is 17.9 Å². The minimum atomic E-state index is -0.808. The number of carbonyl (C=O) groups excluding carboxylic acids is 3. The predicted molar refractivity (Wildman–Crippen MR) is 261 cm³/mol. The van der Waals surface area contributed by atoms with Crippen LogP contribution in [0.25, 0.3) is 0 Å². The van der Waals surface area contributed by atoms with Crippen LogP contribution in [-0.2, 0) is 28.6 Å². The summed E-state index contributed by atoms with van der Waals surface area (Å²) in [6.45, 7) is 6.34. The first-order chi connectivity index (χ1) is 30.0. The molecule has 0 heterocycles. The molecule has 0 aromatic heterocycles. The molecule has 0 aromatic rings. The standard InChI is InChI=1S/C55H94O6/c1-4-7-10-13-16-19-22-25-26-27-28-29-30-31-34-36-39-42-45-48-54(57)60-51-52(61-55(58)49-46-43-40-37-33-24-21-18-15-12-9-6-3)50-59-53(56)47-44-41-38-35-32-23-20-17-14-11-8-5-2/h8-9,11-12,17-18,20-21,32-33,35,37,52H,4-7,10,13-16,19,22-31,34,36,38-51H2,1-3H3/b11-8-,12-9-,20-17-,21-18-,35-32-,37-33-. The molecule has 0 aliphatic carbocycles. The van der Waals surface area contributed by atoms with Gasteiger partial charge in [0.2, 0.25) is 0 Å². The van der Waals surface area contributed by atoms with Crippen LogP contribution in [0.2, 0.25) is 0 Å². The zero-order valence-corrected chi connectivity index (χ0v) is 39.9. The molecule has 6 nitrogen and oxygen atoms in total. The first-order valence-electron chi connectivity index (χ1n) is 25.4. The molecule has 0 N–H and O–H groups in total. The van der Waals surface area contributed by atoms with Crippen molar-refractivity contribution < 1.29 is 28.6 Å². The van der Waals surface area contributed by atoms with Gasteiger partial charge in [-0.25, -0.2) is 0 Å². The van der Waals surface area contributed by atoms with Crippen molar-refractivity contribution >= 4 is 17.9 Å². The average molecular weight is 851 g/mol. The lowest BCUT2D eigenvalue weighted by Crippen LogP contribution is -2.30. The van der Waals surface area contributed by atoms with E-state index in [0.717, 1.165) is 89.9 Å². The second-order valence-electron chi connectivity index (χ2n) is 16.7. The maximum atomic E-state index is 12.7. The summed E-state index contributed by atoms with van der Waals surface area (Å²) < 4.78 is 16.7. The van der Waals surface area contributed by atoms with Crippen molar-refractivity contribution in [1.29, 1.82) is 0 Å². The van der Waals surface area contributed by atoms with Gasteiger partial charge in [-0.2, -0.15) is 0 Å². The number of carbonyl (C=O) groups is 3. The summed E-state index contributed by atoms with van der Waals surface area (Å²) in [7, 11) is 0. The van der Waals surface area contributed by atoms with Gasteiger partial charge in [0.15, 0.2) is 6.10 Å². The zero-order chi connectivity index (χ0) is 44.4. The number of unbranched alkanes of at least 4 members (excludes halogenated alkanes) is 22. The second-order valence-corrected chi connectivity index (χ2v) is 16.7. The molecule has 0 aliphatic rings. The fraction of sp³-hybridized carbons (Fsp3) is 0.727. The Bertz CT molecular complexity index is 1160. The molecule has 0 saturated heterocycles. The molecule has 0 saturated carbocycles. The number of rotatable bonds is 45. The fourth-order valence-corrected chi connectivity index (χ4v) is 6.94.